The molecule has 0 aliphatic rings. The minimum absolute atomic E-state index is 0.157. The van der Waals surface area contributed by atoms with Gasteiger partial charge < -0.3 is 9.73 Å². The molecule has 3 heteroatoms. The van der Waals surface area contributed by atoms with Gasteiger partial charge in [-0.2, -0.15) is 0 Å². The number of aryl methyl sites for hydroxylation is 2. The summed E-state index contributed by atoms with van der Waals surface area (Å²) in [5.41, 5.74) is 2.39. The van der Waals surface area contributed by atoms with Crippen LogP contribution in [0.2, 0.25) is 5.02 Å². The lowest BCUT2D eigenvalue weighted by atomic mass is 9.99. The van der Waals surface area contributed by atoms with Crippen molar-refractivity contribution in [2.45, 2.75) is 26.8 Å². The van der Waals surface area contributed by atoms with E-state index in [-0.39, 0.29) is 6.04 Å². The topological polar surface area (TPSA) is 25.2 Å². The van der Waals surface area contributed by atoms with E-state index in [1.54, 1.807) is 0 Å². The lowest BCUT2D eigenvalue weighted by molar-refractivity contribution is 0.495. The van der Waals surface area contributed by atoms with Crippen LogP contribution in [0.3, 0.4) is 0 Å². The van der Waals surface area contributed by atoms with Gasteiger partial charge in [0.05, 0.1) is 6.04 Å². The molecule has 0 spiro atoms. The zero-order valence-electron chi connectivity index (χ0n) is 11.0. The van der Waals surface area contributed by atoms with Gasteiger partial charge in [0.15, 0.2) is 0 Å². The average molecular weight is 264 g/mol. The van der Waals surface area contributed by atoms with Crippen LogP contribution >= 0.6 is 11.6 Å². The van der Waals surface area contributed by atoms with Crippen LogP contribution in [-0.2, 0) is 0 Å². The summed E-state index contributed by atoms with van der Waals surface area (Å²) >= 11 is 5.94. The fourth-order valence-electron chi connectivity index (χ4n) is 2.20. The zero-order chi connectivity index (χ0) is 13.1. The van der Waals surface area contributed by atoms with Gasteiger partial charge in [-0.3, -0.25) is 0 Å². The Hall–Kier alpha value is -1.25. The molecule has 0 aliphatic carbocycles. The molecule has 1 heterocycles. The highest BCUT2D eigenvalue weighted by atomic mass is 35.5. The lowest BCUT2D eigenvalue weighted by Crippen LogP contribution is -2.22. The second-order valence-electron chi connectivity index (χ2n) is 4.41. The molecule has 96 valence electrons. The van der Waals surface area contributed by atoms with Gasteiger partial charge in [0.25, 0.3) is 0 Å². The summed E-state index contributed by atoms with van der Waals surface area (Å²) in [4.78, 5) is 0. The van der Waals surface area contributed by atoms with Gasteiger partial charge in [0.2, 0.25) is 0 Å². The monoisotopic (exact) mass is 263 g/mol. The van der Waals surface area contributed by atoms with Crippen LogP contribution < -0.4 is 5.32 Å². The predicted octanol–water partition coefficient (Wildman–Crippen LogP) is 4.25. The molecule has 0 aliphatic heterocycles. The average Bonchev–Trinajstić information content (AvgIpc) is 2.67. The number of halogens is 1. The Bertz CT molecular complexity index is 516. The highest BCUT2D eigenvalue weighted by Crippen LogP contribution is 2.28. The van der Waals surface area contributed by atoms with Crippen LogP contribution in [-0.4, -0.2) is 6.54 Å². The molecule has 0 bridgehead atoms. The lowest BCUT2D eigenvalue weighted by Gasteiger charge is -2.18. The van der Waals surface area contributed by atoms with Crippen molar-refractivity contribution >= 4 is 11.6 Å². The highest BCUT2D eigenvalue weighted by molar-refractivity contribution is 6.30. The molecule has 1 aromatic heterocycles. The molecule has 1 aromatic carbocycles. The Balaban J connectivity index is 2.39. The molecule has 18 heavy (non-hydrogen) atoms. The fraction of sp³-hybridized carbons (Fsp3) is 0.333. The van der Waals surface area contributed by atoms with E-state index in [0.29, 0.717) is 0 Å². The van der Waals surface area contributed by atoms with Crippen LogP contribution in [0.4, 0.5) is 0 Å². The third kappa shape index (κ3) is 2.77. The normalized spacial score (nSPS) is 12.7. The molecule has 0 saturated carbocycles. The van der Waals surface area contributed by atoms with Gasteiger partial charge >= 0.3 is 0 Å². The number of rotatable bonds is 4. The van der Waals surface area contributed by atoms with Crippen LogP contribution in [0.1, 0.15) is 35.6 Å². The SMILES string of the molecule is CCNC(c1ccc(Cl)cc1)c1cc(C)oc1C. The van der Waals surface area contributed by atoms with Crippen molar-refractivity contribution in [1.82, 2.24) is 5.32 Å². The van der Waals surface area contributed by atoms with Crippen LogP contribution in [0.25, 0.3) is 0 Å². The van der Waals surface area contributed by atoms with Crippen molar-refractivity contribution in [3.05, 3.63) is 58.0 Å². The maximum atomic E-state index is 5.94. The number of benzene rings is 1. The third-order valence-electron chi connectivity index (χ3n) is 3.00. The van der Waals surface area contributed by atoms with Crippen LogP contribution in [0.5, 0.6) is 0 Å². The molecule has 0 radical (unpaired) electrons. The number of hydrogen-bond donors (Lipinski definition) is 1. The number of nitrogens with one attached hydrogen (secondary N) is 1. The second kappa shape index (κ2) is 5.59. The van der Waals surface area contributed by atoms with Crippen molar-refractivity contribution in [2.75, 3.05) is 6.54 Å². The van der Waals surface area contributed by atoms with Gasteiger partial charge in [-0.05, 0) is 44.2 Å². The Kier molecular flexibility index (Phi) is 4.10. The summed E-state index contributed by atoms with van der Waals surface area (Å²) in [6.07, 6.45) is 0. The molecular weight excluding hydrogens is 246 g/mol. The molecular formula is C15H18ClNO. The van der Waals surface area contributed by atoms with E-state index < -0.39 is 0 Å². The summed E-state index contributed by atoms with van der Waals surface area (Å²) in [6, 6.07) is 10.2. The van der Waals surface area contributed by atoms with Crippen molar-refractivity contribution in [1.29, 1.82) is 0 Å². The van der Waals surface area contributed by atoms with Gasteiger partial charge in [0.1, 0.15) is 11.5 Å². The summed E-state index contributed by atoms with van der Waals surface area (Å²) in [5, 5.41) is 4.24. The maximum absolute atomic E-state index is 5.94. The van der Waals surface area contributed by atoms with Crippen LogP contribution in [0, 0.1) is 13.8 Å². The van der Waals surface area contributed by atoms with E-state index in [9.17, 15) is 0 Å². The standard InChI is InChI=1S/C15H18ClNO/c1-4-17-15(12-5-7-13(16)8-6-12)14-9-10(2)18-11(14)3/h5-9,15,17H,4H2,1-3H3. The van der Waals surface area contributed by atoms with Gasteiger partial charge in [0, 0.05) is 10.6 Å². The molecule has 2 rings (SSSR count). The van der Waals surface area contributed by atoms with Crippen molar-refractivity contribution in [2.24, 2.45) is 0 Å². The molecule has 0 saturated heterocycles. The molecule has 0 fully saturated rings. The first-order chi connectivity index (χ1) is 8.61. The minimum Gasteiger partial charge on any atom is -0.466 e. The van der Waals surface area contributed by atoms with Crippen molar-refractivity contribution in [3.8, 4) is 0 Å². The summed E-state index contributed by atoms with van der Waals surface area (Å²) in [7, 11) is 0. The second-order valence-corrected chi connectivity index (χ2v) is 4.85. The van der Waals surface area contributed by atoms with E-state index >= 15 is 0 Å². The number of furan rings is 1. The third-order valence-corrected chi connectivity index (χ3v) is 3.25. The predicted molar refractivity (Wildman–Crippen MR) is 75.2 cm³/mol. The summed E-state index contributed by atoms with van der Waals surface area (Å²) in [5.74, 6) is 1.91. The van der Waals surface area contributed by atoms with Crippen molar-refractivity contribution in [3.63, 3.8) is 0 Å². The molecule has 2 aromatic rings. The molecule has 1 N–H and O–H groups in total. The summed E-state index contributed by atoms with van der Waals surface area (Å²) in [6.45, 7) is 6.98. The van der Waals surface area contributed by atoms with Gasteiger partial charge in [-0.15, -0.1) is 0 Å². The quantitative estimate of drug-likeness (QED) is 0.892. The Labute approximate surface area is 113 Å². The minimum atomic E-state index is 0.157. The maximum Gasteiger partial charge on any atom is 0.106 e. The first-order valence-electron chi connectivity index (χ1n) is 6.17. The Morgan fingerprint density at radius 1 is 1.22 bits per heavy atom. The molecule has 0 amide bonds. The van der Waals surface area contributed by atoms with E-state index in [2.05, 4.69) is 30.4 Å². The first-order valence-corrected chi connectivity index (χ1v) is 6.55. The summed E-state index contributed by atoms with van der Waals surface area (Å²) < 4.78 is 5.62. The Morgan fingerprint density at radius 3 is 2.39 bits per heavy atom. The van der Waals surface area contributed by atoms with Gasteiger partial charge in [-0.25, -0.2) is 0 Å². The van der Waals surface area contributed by atoms with Crippen LogP contribution in [0.15, 0.2) is 34.7 Å². The van der Waals surface area contributed by atoms with E-state index in [0.717, 1.165) is 23.1 Å². The number of hydrogen-bond acceptors (Lipinski definition) is 2. The van der Waals surface area contributed by atoms with E-state index in [1.165, 1.54) is 11.1 Å². The van der Waals surface area contributed by atoms with Gasteiger partial charge in [-0.1, -0.05) is 30.7 Å². The molecule has 1 atom stereocenters. The zero-order valence-corrected chi connectivity index (χ0v) is 11.7. The van der Waals surface area contributed by atoms with Crippen molar-refractivity contribution < 1.29 is 4.42 Å². The first kappa shape index (κ1) is 13.2. The molecule has 1 unspecified atom stereocenters. The van der Waals surface area contributed by atoms with E-state index in [4.69, 9.17) is 16.0 Å². The van der Waals surface area contributed by atoms with E-state index in [1.807, 2.05) is 26.0 Å². The smallest absolute Gasteiger partial charge is 0.106 e. The molecule has 2 nitrogen and oxygen atoms in total. The Morgan fingerprint density at radius 2 is 1.89 bits per heavy atom. The largest absolute Gasteiger partial charge is 0.466 e. The highest BCUT2D eigenvalue weighted by Gasteiger charge is 2.18. The fourth-order valence-corrected chi connectivity index (χ4v) is 2.33.